The molecule has 1 aliphatic rings. The molecule has 0 aromatic heterocycles. The average Bonchev–Trinajstić information content (AvgIpc) is 2.46. The van der Waals surface area contributed by atoms with Crippen molar-refractivity contribution in [1.29, 1.82) is 0 Å². The van der Waals surface area contributed by atoms with E-state index in [1.54, 1.807) is 0 Å². The monoisotopic (exact) mass is 282 g/mol. The minimum atomic E-state index is -2.27. The first kappa shape index (κ1) is 15.2. The molecule has 4 heteroatoms. The Balaban J connectivity index is 2.00. The summed E-state index contributed by atoms with van der Waals surface area (Å²) in [5, 5.41) is 3.02. The Hall–Kier alpha value is -1.16. The first-order valence-electron chi connectivity index (χ1n) is 7.50. The maximum atomic E-state index is 12.4. The molecule has 1 fully saturated rings. The second-order valence-electron chi connectivity index (χ2n) is 5.63. The molecule has 2 nitrogen and oxygen atoms in total. The number of nitrogens with one attached hydrogen (secondary N) is 1. The second kappa shape index (κ2) is 7.58. The highest BCUT2D eigenvalue weighted by molar-refractivity contribution is 5.46. The van der Waals surface area contributed by atoms with Gasteiger partial charge in [0.05, 0.1) is 6.54 Å². The number of hydrogen-bond acceptors (Lipinski definition) is 2. The highest BCUT2D eigenvalue weighted by Crippen LogP contribution is 2.26. The average molecular weight is 282 g/mol. The molecule has 0 amide bonds. The van der Waals surface area contributed by atoms with Crippen LogP contribution < -0.4 is 10.2 Å². The minimum absolute atomic E-state index is 0.162. The largest absolute Gasteiger partial charge is 0.370 e. The Bertz CT molecular complexity index is 383. The third-order valence-corrected chi connectivity index (χ3v) is 3.92. The quantitative estimate of drug-likeness (QED) is 0.858. The van der Waals surface area contributed by atoms with E-state index in [0.29, 0.717) is 5.92 Å². The SMILES string of the molecule is CCCC1CC(NCC(F)F)CN(c2ccccc2)C1. The van der Waals surface area contributed by atoms with Crippen molar-refractivity contribution in [3.05, 3.63) is 30.3 Å². The Labute approximate surface area is 120 Å². The van der Waals surface area contributed by atoms with Gasteiger partial charge < -0.3 is 10.2 Å². The summed E-state index contributed by atoms with van der Waals surface area (Å²) >= 11 is 0. The van der Waals surface area contributed by atoms with Crippen molar-refractivity contribution in [2.45, 2.75) is 38.7 Å². The first-order valence-corrected chi connectivity index (χ1v) is 7.50. The van der Waals surface area contributed by atoms with E-state index in [1.807, 2.05) is 18.2 Å². The summed E-state index contributed by atoms with van der Waals surface area (Å²) in [7, 11) is 0. The van der Waals surface area contributed by atoms with Crippen molar-refractivity contribution in [3.8, 4) is 0 Å². The Morgan fingerprint density at radius 2 is 2.00 bits per heavy atom. The van der Waals surface area contributed by atoms with Crippen LogP contribution >= 0.6 is 0 Å². The zero-order chi connectivity index (χ0) is 14.4. The van der Waals surface area contributed by atoms with Crippen molar-refractivity contribution in [1.82, 2.24) is 5.32 Å². The standard InChI is InChI=1S/C16H24F2N2/c1-2-6-13-9-14(19-10-16(17)18)12-20(11-13)15-7-4-3-5-8-15/h3-5,7-8,13-14,16,19H,2,6,9-12H2,1H3. The second-order valence-corrected chi connectivity index (χ2v) is 5.63. The Morgan fingerprint density at radius 3 is 2.65 bits per heavy atom. The number of halogens is 2. The van der Waals surface area contributed by atoms with Gasteiger partial charge in [-0.2, -0.15) is 0 Å². The van der Waals surface area contributed by atoms with Crippen LogP contribution in [0.15, 0.2) is 30.3 Å². The van der Waals surface area contributed by atoms with E-state index < -0.39 is 6.43 Å². The number of anilines is 1. The van der Waals surface area contributed by atoms with Crippen LogP contribution in [-0.4, -0.2) is 32.1 Å². The number of para-hydroxylation sites is 1. The third kappa shape index (κ3) is 4.44. The molecule has 1 aromatic rings. The van der Waals surface area contributed by atoms with Crippen molar-refractivity contribution in [2.24, 2.45) is 5.92 Å². The molecule has 0 spiro atoms. The molecule has 1 N–H and O–H groups in total. The molecule has 1 heterocycles. The number of nitrogens with zero attached hydrogens (tertiary/aromatic N) is 1. The molecule has 1 aromatic carbocycles. The van der Waals surface area contributed by atoms with Crippen LogP contribution in [0.1, 0.15) is 26.2 Å². The fourth-order valence-corrected chi connectivity index (χ4v) is 3.07. The van der Waals surface area contributed by atoms with Crippen LogP contribution in [0.25, 0.3) is 0 Å². The van der Waals surface area contributed by atoms with Crippen LogP contribution in [0.4, 0.5) is 14.5 Å². The first-order chi connectivity index (χ1) is 9.69. The van der Waals surface area contributed by atoms with Gasteiger partial charge in [-0.15, -0.1) is 0 Å². The van der Waals surface area contributed by atoms with Crippen molar-refractivity contribution in [2.75, 3.05) is 24.5 Å². The third-order valence-electron chi connectivity index (χ3n) is 3.92. The van der Waals surface area contributed by atoms with Gasteiger partial charge in [0.1, 0.15) is 0 Å². The normalized spacial score (nSPS) is 23.3. The van der Waals surface area contributed by atoms with Gasteiger partial charge in [-0.05, 0) is 30.9 Å². The van der Waals surface area contributed by atoms with Crippen LogP contribution in [-0.2, 0) is 0 Å². The van der Waals surface area contributed by atoms with Crippen molar-refractivity contribution < 1.29 is 8.78 Å². The molecule has 112 valence electrons. The summed E-state index contributed by atoms with van der Waals surface area (Å²) in [6.07, 6.45) is 1.04. The zero-order valence-electron chi connectivity index (χ0n) is 12.1. The smallest absolute Gasteiger partial charge is 0.250 e. The molecule has 2 rings (SSSR count). The van der Waals surface area contributed by atoms with E-state index in [1.165, 1.54) is 5.69 Å². The summed E-state index contributed by atoms with van der Waals surface area (Å²) in [6.45, 7) is 3.83. The predicted octanol–water partition coefficient (Wildman–Crippen LogP) is 3.54. The van der Waals surface area contributed by atoms with Gasteiger partial charge in [0.15, 0.2) is 0 Å². The number of rotatable bonds is 6. The summed E-state index contributed by atoms with van der Waals surface area (Å²) in [5.74, 6) is 0.587. The van der Waals surface area contributed by atoms with E-state index in [9.17, 15) is 8.78 Å². The number of hydrogen-bond donors (Lipinski definition) is 1. The molecule has 2 atom stereocenters. The van der Waals surface area contributed by atoms with E-state index in [2.05, 4.69) is 29.3 Å². The van der Waals surface area contributed by atoms with Crippen LogP contribution in [0.2, 0.25) is 0 Å². The highest BCUT2D eigenvalue weighted by atomic mass is 19.3. The van der Waals surface area contributed by atoms with Gasteiger partial charge in [-0.25, -0.2) is 8.78 Å². The van der Waals surface area contributed by atoms with E-state index in [4.69, 9.17) is 0 Å². The van der Waals surface area contributed by atoms with Crippen molar-refractivity contribution >= 4 is 5.69 Å². The van der Waals surface area contributed by atoms with Crippen molar-refractivity contribution in [3.63, 3.8) is 0 Å². The van der Waals surface area contributed by atoms with Gasteiger partial charge in [-0.3, -0.25) is 0 Å². The summed E-state index contributed by atoms with van der Waals surface area (Å²) < 4.78 is 24.8. The summed E-state index contributed by atoms with van der Waals surface area (Å²) in [5.41, 5.74) is 1.19. The topological polar surface area (TPSA) is 15.3 Å². The maximum Gasteiger partial charge on any atom is 0.250 e. The molecule has 20 heavy (non-hydrogen) atoms. The highest BCUT2D eigenvalue weighted by Gasteiger charge is 2.27. The lowest BCUT2D eigenvalue weighted by atomic mass is 9.90. The molecule has 0 aliphatic carbocycles. The predicted molar refractivity (Wildman–Crippen MR) is 79.5 cm³/mol. The fraction of sp³-hybridized carbons (Fsp3) is 0.625. The molecule has 0 bridgehead atoms. The summed E-state index contributed by atoms with van der Waals surface area (Å²) in [6, 6.07) is 10.4. The number of benzene rings is 1. The van der Waals surface area contributed by atoms with Crippen LogP contribution in [0.3, 0.4) is 0 Å². The van der Waals surface area contributed by atoms with E-state index >= 15 is 0 Å². The Kier molecular flexibility index (Phi) is 5.77. The maximum absolute atomic E-state index is 12.4. The van der Waals surface area contributed by atoms with E-state index in [0.717, 1.165) is 32.4 Å². The van der Waals surface area contributed by atoms with Gasteiger partial charge in [0, 0.05) is 24.8 Å². The number of alkyl halides is 2. The molecule has 1 aliphatic heterocycles. The molecule has 0 radical (unpaired) electrons. The molecule has 1 saturated heterocycles. The fourth-order valence-electron chi connectivity index (χ4n) is 3.07. The van der Waals surface area contributed by atoms with Gasteiger partial charge >= 0.3 is 0 Å². The number of piperidine rings is 1. The lowest BCUT2D eigenvalue weighted by Crippen LogP contribution is -2.50. The zero-order valence-corrected chi connectivity index (χ0v) is 12.1. The molecule has 2 unspecified atom stereocenters. The van der Waals surface area contributed by atoms with Gasteiger partial charge in [0.2, 0.25) is 0 Å². The molecule has 0 saturated carbocycles. The van der Waals surface area contributed by atoms with Gasteiger partial charge in [-0.1, -0.05) is 31.5 Å². The van der Waals surface area contributed by atoms with Crippen LogP contribution in [0, 0.1) is 5.92 Å². The van der Waals surface area contributed by atoms with Gasteiger partial charge in [0.25, 0.3) is 6.43 Å². The Morgan fingerprint density at radius 1 is 1.25 bits per heavy atom. The lowest BCUT2D eigenvalue weighted by Gasteiger charge is -2.39. The van der Waals surface area contributed by atoms with Crippen LogP contribution in [0.5, 0.6) is 0 Å². The molecular weight excluding hydrogens is 258 g/mol. The summed E-state index contributed by atoms with van der Waals surface area (Å²) in [4.78, 5) is 2.33. The minimum Gasteiger partial charge on any atom is -0.370 e. The van der Waals surface area contributed by atoms with E-state index in [-0.39, 0.29) is 12.6 Å². The molecular formula is C16H24F2N2. The lowest BCUT2D eigenvalue weighted by molar-refractivity contribution is 0.137.